The minimum absolute atomic E-state index is 0.117. The monoisotopic (exact) mass is 531 g/mol. The average Bonchev–Trinajstić information content (AvgIpc) is 2.89. The van der Waals surface area contributed by atoms with E-state index in [-0.39, 0.29) is 30.5 Å². The summed E-state index contributed by atoms with van der Waals surface area (Å²) in [5.74, 6) is -1.98. The number of non-ortho nitro benzene ring substituents is 1. The first-order chi connectivity index (χ1) is 17.7. The van der Waals surface area contributed by atoms with Crippen molar-refractivity contribution < 1.29 is 38.6 Å². The Morgan fingerprint density at radius 2 is 1.84 bits per heavy atom. The normalized spacial score (nSPS) is 17.4. The molecule has 2 aromatic carbocycles. The predicted octanol–water partition coefficient (Wildman–Crippen LogP) is 2.50. The number of esters is 1. The van der Waals surface area contributed by atoms with Gasteiger partial charge in [0.15, 0.2) is 12.3 Å². The summed E-state index contributed by atoms with van der Waals surface area (Å²) in [6, 6.07) is 13.1. The maximum Gasteiger partial charge on any atom is 0.358 e. The number of allylic oxidation sites excluding steroid dienone is 1. The third kappa shape index (κ3) is 6.98. The fraction of sp³-hybridized carbons (Fsp3) is 0.292. The molecule has 0 spiro atoms. The van der Waals surface area contributed by atoms with Crippen molar-refractivity contribution in [2.45, 2.75) is 24.9 Å². The maximum absolute atomic E-state index is 13.0. The standard InChI is InChI=1S/C24H25N3O9S/c1-15(28)21(24(31)36-12-16-8-10-17(11-9-16)27(32)33)26-22(30)20(23(26)37-14-34-2)25-19(29)13-35-18-6-4-3-5-7-18/h3-11,20,23,28H,12-14H2,1-2H3,(H,25,29)/b21-15-. The van der Waals surface area contributed by atoms with Gasteiger partial charge in [0.05, 0.1) is 10.9 Å². The lowest BCUT2D eigenvalue weighted by Crippen LogP contribution is -2.70. The lowest BCUT2D eigenvalue weighted by atomic mass is 10.1. The molecular formula is C24H25N3O9S. The highest BCUT2D eigenvalue weighted by molar-refractivity contribution is 7.99. The number of carbonyl (C=O) groups is 3. The lowest BCUT2D eigenvalue weighted by molar-refractivity contribution is -0.384. The summed E-state index contributed by atoms with van der Waals surface area (Å²) in [5, 5.41) is 22.8. The van der Waals surface area contributed by atoms with Gasteiger partial charge in [0, 0.05) is 19.2 Å². The van der Waals surface area contributed by atoms with E-state index in [9.17, 15) is 29.6 Å². The summed E-state index contributed by atoms with van der Waals surface area (Å²) in [6.07, 6.45) is 0. The zero-order chi connectivity index (χ0) is 26.9. The highest BCUT2D eigenvalue weighted by Crippen LogP contribution is 2.35. The Labute approximate surface area is 216 Å². The Morgan fingerprint density at radius 1 is 1.16 bits per heavy atom. The third-order valence-corrected chi connectivity index (χ3v) is 6.32. The van der Waals surface area contributed by atoms with Crippen LogP contribution in [-0.2, 0) is 30.5 Å². The van der Waals surface area contributed by atoms with Crippen LogP contribution in [0.5, 0.6) is 5.75 Å². The Morgan fingerprint density at radius 3 is 2.43 bits per heavy atom. The molecule has 3 rings (SSSR count). The molecule has 196 valence electrons. The number of nitrogens with zero attached hydrogens (tertiary/aromatic N) is 2. The smallest absolute Gasteiger partial charge is 0.358 e. The van der Waals surface area contributed by atoms with E-state index in [2.05, 4.69) is 5.32 Å². The van der Waals surface area contributed by atoms with Gasteiger partial charge in [0.25, 0.3) is 17.5 Å². The number of nitro groups is 1. The number of hydrogen-bond donors (Lipinski definition) is 2. The number of carbonyl (C=O) groups excluding carboxylic acids is 3. The van der Waals surface area contributed by atoms with Gasteiger partial charge in [-0.15, -0.1) is 11.8 Å². The van der Waals surface area contributed by atoms with Crippen molar-refractivity contribution in [2.24, 2.45) is 0 Å². The number of nitro benzene ring substituents is 1. The molecule has 1 aliphatic rings. The second-order valence-corrected chi connectivity index (χ2v) is 8.80. The van der Waals surface area contributed by atoms with Crippen LogP contribution >= 0.6 is 11.8 Å². The molecule has 0 radical (unpaired) electrons. The number of aliphatic hydroxyl groups excluding tert-OH is 1. The second kappa shape index (κ2) is 12.7. The summed E-state index contributed by atoms with van der Waals surface area (Å²) >= 11 is 1.13. The van der Waals surface area contributed by atoms with Gasteiger partial charge >= 0.3 is 5.97 Å². The molecule has 1 aliphatic heterocycles. The molecule has 2 unspecified atom stereocenters. The van der Waals surface area contributed by atoms with Crippen LogP contribution in [-0.4, -0.2) is 63.8 Å². The second-order valence-electron chi connectivity index (χ2n) is 7.75. The number of thioether (sulfide) groups is 1. The van der Waals surface area contributed by atoms with Crippen molar-refractivity contribution in [1.82, 2.24) is 10.2 Å². The molecule has 2 atom stereocenters. The molecule has 2 N–H and O–H groups in total. The van der Waals surface area contributed by atoms with Gasteiger partial charge in [0.1, 0.15) is 29.5 Å². The topological polar surface area (TPSA) is 158 Å². The summed E-state index contributed by atoms with van der Waals surface area (Å²) in [7, 11) is 1.45. The van der Waals surface area contributed by atoms with E-state index in [0.717, 1.165) is 16.7 Å². The predicted molar refractivity (Wildman–Crippen MR) is 132 cm³/mol. The number of nitrogens with one attached hydrogen (secondary N) is 1. The van der Waals surface area contributed by atoms with Crippen LogP contribution in [0.25, 0.3) is 0 Å². The van der Waals surface area contributed by atoms with Crippen molar-refractivity contribution in [3.05, 3.63) is 81.7 Å². The maximum atomic E-state index is 13.0. The Hall–Kier alpha value is -4.10. The van der Waals surface area contributed by atoms with E-state index >= 15 is 0 Å². The summed E-state index contributed by atoms with van der Waals surface area (Å²) in [6.45, 7) is 0.657. The Balaban J connectivity index is 1.66. The number of methoxy groups -OCH3 is 1. The number of rotatable bonds is 12. The van der Waals surface area contributed by atoms with Gasteiger partial charge in [0.2, 0.25) is 0 Å². The fourth-order valence-corrected chi connectivity index (χ4v) is 4.39. The highest BCUT2D eigenvalue weighted by atomic mass is 32.2. The van der Waals surface area contributed by atoms with Crippen LogP contribution in [0, 0.1) is 10.1 Å². The zero-order valence-corrected chi connectivity index (χ0v) is 20.8. The lowest BCUT2D eigenvalue weighted by Gasteiger charge is -2.46. The van der Waals surface area contributed by atoms with Crippen molar-refractivity contribution in [3.8, 4) is 5.75 Å². The van der Waals surface area contributed by atoms with Crippen LogP contribution in [0.2, 0.25) is 0 Å². The minimum Gasteiger partial charge on any atom is -0.510 e. The van der Waals surface area contributed by atoms with Crippen LogP contribution in [0.4, 0.5) is 5.69 Å². The quantitative estimate of drug-likeness (QED) is 0.0793. The number of para-hydroxylation sites is 1. The summed E-state index contributed by atoms with van der Waals surface area (Å²) < 4.78 is 15.7. The highest BCUT2D eigenvalue weighted by Gasteiger charge is 2.52. The van der Waals surface area contributed by atoms with Crippen LogP contribution in [0.1, 0.15) is 12.5 Å². The van der Waals surface area contributed by atoms with Crippen molar-refractivity contribution >= 4 is 35.2 Å². The number of β-lactam (4-membered cyclic amide) rings is 1. The van der Waals surface area contributed by atoms with Crippen LogP contribution in [0.3, 0.4) is 0 Å². The number of hydrogen-bond acceptors (Lipinski definition) is 10. The van der Waals surface area contributed by atoms with Gasteiger partial charge in [-0.2, -0.15) is 0 Å². The molecule has 37 heavy (non-hydrogen) atoms. The minimum atomic E-state index is -0.996. The zero-order valence-electron chi connectivity index (χ0n) is 20.0. The number of ether oxygens (including phenoxy) is 3. The molecule has 0 saturated carbocycles. The molecule has 0 aliphatic carbocycles. The van der Waals surface area contributed by atoms with Crippen molar-refractivity contribution in [3.63, 3.8) is 0 Å². The van der Waals surface area contributed by atoms with Crippen LogP contribution in [0.15, 0.2) is 66.1 Å². The van der Waals surface area contributed by atoms with Crippen LogP contribution < -0.4 is 10.1 Å². The average molecular weight is 532 g/mol. The van der Waals surface area contributed by atoms with E-state index in [0.29, 0.717) is 11.3 Å². The van der Waals surface area contributed by atoms with E-state index in [4.69, 9.17) is 14.2 Å². The molecule has 1 heterocycles. The molecule has 1 fully saturated rings. The molecular weight excluding hydrogens is 506 g/mol. The Kier molecular flexibility index (Phi) is 9.46. The first-order valence-corrected chi connectivity index (χ1v) is 12.0. The van der Waals surface area contributed by atoms with Gasteiger partial charge in [-0.3, -0.25) is 24.6 Å². The largest absolute Gasteiger partial charge is 0.510 e. The SMILES string of the molecule is COCSC1C(NC(=O)COc2ccccc2)C(=O)N1/C(C(=O)OCc1ccc([N+](=O)[O-])cc1)=C(/C)O. The number of likely N-dealkylation sites (tertiary alicyclic amines) is 1. The van der Waals surface area contributed by atoms with E-state index < -0.39 is 39.9 Å². The first kappa shape index (κ1) is 27.5. The summed E-state index contributed by atoms with van der Waals surface area (Å²) in [4.78, 5) is 49.5. The number of aliphatic hydroxyl groups is 1. The van der Waals surface area contributed by atoms with Crippen molar-refractivity contribution in [2.75, 3.05) is 19.7 Å². The van der Waals surface area contributed by atoms with E-state index in [1.807, 2.05) is 0 Å². The molecule has 0 bridgehead atoms. The molecule has 13 heteroatoms. The van der Waals surface area contributed by atoms with E-state index in [1.165, 1.54) is 38.3 Å². The van der Waals surface area contributed by atoms with Gasteiger partial charge in [-0.05, 0) is 36.8 Å². The van der Waals surface area contributed by atoms with Gasteiger partial charge in [-0.25, -0.2) is 4.79 Å². The number of amides is 2. The van der Waals surface area contributed by atoms with Crippen molar-refractivity contribution in [1.29, 1.82) is 0 Å². The van der Waals surface area contributed by atoms with Gasteiger partial charge in [-0.1, -0.05) is 18.2 Å². The van der Waals surface area contributed by atoms with E-state index in [1.54, 1.807) is 30.3 Å². The molecule has 1 saturated heterocycles. The Bertz CT molecular complexity index is 1170. The third-order valence-electron chi connectivity index (χ3n) is 5.12. The first-order valence-electron chi connectivity index (χ1n) is 10.9. The molecule has 12 nitrogen and oxygen atoms in total. The van der Waals surface area contributed by atoms with Gasteiger partial charge < -0.3 is 24.6 Å². The number of benzene rings is 2. The summed E-state index contributed by atoms with van der Waals surface area (Å²) in [5.41, 5.74) is -0.0300. The molecule has 0 aromatic heterocycles. The fourth-order valence-electron chi connectivity index (χ4n) is 3.38. The molecule has 2 amide bonds. The molecule has 2 aromatic rings.